The molecule has 1 unspecified atom stereocenters. The van der Waals surface area contributed by atoms with E-state index in [1.807, 2.05) is 31.2 Å². The van der Waals surface area contributed by atoms with Gasteiger partial charge in [-0.25, -0.2) is 9.78 Å². The summed E-state index contributed by atoms with van der Waals surface area (Å²) in [6.45, 7) is 3.98. The van der Waals surface area contributed by atoms with E-state index in [4.69, 9.17) is 0 Å². The van der Waals surface area contributed by atoms with Gasteiger partial charge in [0.2, 0.25) is 11.8 Å². The maximum absolute atomic E-state index is 12.5. The Balaban J connectivity index is 1.68. The Labute approximate surface area is 155 Å². The fraction of sp³-hybridized carbons (Fsp3) is 0.333. The van der Waals surface area contributed by atoms with E-state index in [1.165, 1.54) is 7.11 Å². The SMILES string of the molecule is COC(=O)c1sc(NC(=O)C2CC(=O)N(c3ccc(C)cc3)C2)nc1C. The minimum atomic E-state index is -0.484. The molecule has 2 heterocycles. The van der Waals surface area contributed by atoms with Crippen molar-refractivity contribution in [2.75, 3.05) is 23.9 Å². The topological polar surface area (TPSA) is 88.6 Å². The van der Waals surface area contributed by atoms with Crippen LogP contribution in [0.1, 0.15) is 27.3 Å². The van der Waals surface area contributed by atoms with Crippen LogP contribution in [0.4, 0.5) is 10.8 Å². The first-order valence-corrected chi connectivity index (χ1v) is 8.94. The van der Waals surface area contributed by atoms with E-state index in [0.29, 0.717) is 22.2 Å². The number of anilines is 2. The minimum Gasteiger partial charge on any atom is -0.465 e. The minimum absolute atomic E-state index is 0.0837. The van der Waals surface area contributed by atoms with Gasteiger partial charge in [-0.3, -0.25) is 9.59 Å². The molecule has 1 atom stereocenters. The maximum Gasteiger partial charge on any atom is 0.350 e. The molecule has 0 radical (unpaired) electrons. The summed E-state index contributed by atoms with van der Waals surface area (Å²) in [6, 6.07) is 7.62. The van der Waals surface area contributed by atoms with Crippen LogP contribution in [0.3, 0.4) is 0 Å². The number of nitrogens with zero attached hydrogens (tertiary/aromatic N) is 2. The lowest BCUT2D eigenvalue weighted by Gasteiger charge is -2.16. The first-order valence-electron chi connectivity index (χ1n) is 8.12. The fourth-order valence-electron chi connectivity index (χ4n) is 2.80. The third-order valence-electron chi connectivity index (χ3n) is 4.24. The van der Waals surface area contributed by atoms with Gasteiger partial charge in [0, 0.05) is 18.7 Å². The van der Waals surface area contributed by atoms with Crippen LogP contribution in [0.15, 0.2) is 24.3 Å². The molecule has 1 aliphatic rings. The smallest absolute Gasteiger partial charge is 0.350 e. The molecule has 136 valence electrons. The number of rotatable bonds is 4. The van der Waals surface area contributed by atoms with Crippen LogP contribution < -0.4 is 10.2 Å². The lowest BCUT2D eigenvalue weighted by atomic mass is 10.1. The van der Waals surface area contributed by atoms with Gasteiger partial charge in [-0.15, -0.1) is 0 Å². The standard InChI is InChI=1S/C18H19N3O4S/c1-10-4-6-13(7-5-10)21-9-12(8-14(21)22)16(23)20-18-19-11(2)15(26-18)17(24)25-3/h4-7,12H,8-9H2,1-3H3,(H,19,20,23). The summed E-state index contributed by atoms with van der Waals surface area (Å²) >= 11 is 1.06. The number of benzene rings is 1. The van der Waals surface area contributed by atoms with Crippen molar-refractivity contribution in [1.29, 1.82) is 0 Å². The van der Waals surface area contributed by atoms with Gasteiger partial charge in [0.25, 0.3) is 0 Å². The number of nitrogens with one attached hydrogen (secondary N) is 1. The van der Waals surface area contributed by atoms with Crippen LogP contribution in [0.25, 0.3) is 0 Å². The van der Waals surface area contributed by atoms with E-state index < -0.39 is 11.9 Å². The number of aromatic nitrogens is 1. The second-order valence-corrected chi connectivity index (χ2v) is 7.15. The summed E-state index contributed by atoms with van der Waals surface area (Å²) in [6.07, 6.45) is 0.147. The highest BCUT2D eigenvalue weighted by Crippen LogP contribution is 2.28. The van der Waals surface area contributed by atoms with E-state index >= 15 is 0 Å². The summed E-state index contributed by atoms with van der Waals surface area (Å²) < 4.78 is 4.69. The van der Waals surface area contributed by atoms with Crippen LogP contribution in [0, 0.1) is 19.8 Å². The number of aryl methyl sites for hydroxylation is 2. The molecule has 1 N–H and O–H groups in total. The van der Waals surface area contributed by atoms with E-state index in [2.05, 4.69) is 15.0 Å². The van der Waals surface area contributed by atoms with Crippen molar-refractivity contribution < 1.29 is 19.1 Å². The van der Waals surface area contributed by atoms with Crippen molar-refractivity contribution in [1.82, 2.24) is 4.98 Å². The molecule has 2 amide bonds. The highest BCUT2D eigenvalue weighted by atomic mass is 32.1. The molecule has 0 aliphatic carbocycles. The van der Waals surface area contributed by atoms with Crippen LogP contribution in [-0.4, -0.2) is 36.4 Å². The molecule has 1 aromatic carbocycles. The predicted octanol–water partition coefficient (Wildman–Crippen LogP) is 2.54. The number of thiazole rings is 1. The zero-order valence-electron chi connectivity index (χ0n) is 14.7. The van der Waals surface area contributed by atoms with Crippen LogP contribution in [-0.2, 0) is 14.3 Å². The Morgan fingerprint density at radius 3 is 2.62 bits per heavy atom. The third-order valence-corrected chi connectivity index (χ3v) is 5.29. The molecule has 26 heavy (non-hydrogen) atoms. The molecule has 1 aromatic heterocycles. The van der Waals surface area contributed by atoms with Crippen molar-refractivity contribution in [3.8, 4) is 0 Å². The van der Waals surface area contributed by atoms with E-state index in [1.54, 1.807) is 11.8 Å². The van der Waals surface area contributed by atoms with Gasteiger partial charge in [-0.05, 0) is 26.0 Å². The molecule has 7 nitrogen and oxygen atoms in total. The molecule has 1 fully saturated rings. The second-order valence-electron chi connectivity index (χ2n) is 6.16. The summed E-state index contributed by atoms with van der Waals surface area (Å²) in [5.74, 6) is -1.31. The molecule has 8 heteroatoms. The van der Waals surface area contributed by atoms with Crippen LogP contribution in [0.2, 0.25) is 0 Å². The van der Waals surface area contributed by atoms with Gasteiger partial charge in [-0.2, -0.15) is 0 Å². The number of methoxy groups -OCH3 is 1. The molecular weight excluding hydrogens is 354 g/mol. The van der Waals surface area contributed by atoms with Gasteiger partial charge >= 0.3 is 5.97 Å². The molecule has 1 aliphatic heterocycles. The number of carbonyl (C=O) groups excluding carboxylic acids is 3. The van der Waals surface area contributed by atoms with Crippen molar-refractivity contribution in [2.24, 2.45) is 5.92 Å². The van der Waals surface area contributed by atoms with Gasteiger partial charge in [-0.1, -0.05) is 29.0 Å². The monoisotopic (exact) mass is 373 g/mol. The number of carbonyl (C=O) groups is 3. The normalized spacial score (nSPS) is 16.7. The Morgan fingerprint density at radius 1 is 1.27 bits per heavy atom. The van der Waals surface area contributed by atoms with Crippen molar-refractivity contribution in [3.05, 3.63) is 40.4 Å². The fourth-order valence-corrected chi connectivity index (χ4v) is 3.68. The number of amides is 2. The van der Waals surface area contributed by atoms with E-state index in [9.17, 15) is 14.4 Å². The summed E-state index contributed by atoms with van der Waals surface area (Å²) in [7, 11) is 1.30. The Kier molecular flexibility index (Phi) is 5.03. The highest BCUT2D eigenvalue weighted by Gasteiger charge is 2.35. The molecule has 0 spiro atoms. The first kappa shape index (κ1) is 18.1. The van der Waals surface area contributed by atoms with Crippen LogP contribution in [0.5, 0.6) is 0 Å². The lowest BCUT2D eigenvalue weighted by Crippen LogP contribution is -2.28. The number of ether oxygens (including phenoxy) is 1. The molecule has 1 saturated heterocycles. The summed E-state index contributed by atoms with van der Waals surface area (Å²) in [5.41, 5.74) is 2.39. The lowest BCUT2D eigenvalue weighted by molar-refractivity contribution is -0.122. The molecule has 0 saturated carbocycles. The van der Waals surface area contributed by atoms with Gasteiger partial charge in [0.1, 0.15) is 4.88 Å². The first-order chi connectivity index (χ1) is 12.4. The van der Waals surface area contributed by atoms with Gasteiger partial charge < -0.3 is 15.0 Å². The number of hydrogen-bond acceptors (Lipinski definition) is 6. The van der Waals surface area contributed by atoms with Crippen LogP contribution >= 0.6 is 11.3 Å². The summed E-state index contributed by atoms with van der Waals surface area (Å²) in [5, 5.41) is 3.04. The highest BCUT2D eigenvalue weighted by molar-refractivity contribution is 7.17. The number of esters is 1. The van der Waals surface area contributed by atoms with Gasteiger partial charge in [0.05, 0.1) is 18.7 Å². The number of hydrogen-bond donors (Lipinski definition) is 1. The second kappa shape index (κ2) is 7.25. The molecule has 2 aromatic rings. The predicted molar refractivity (Wildman–Crippen MR) is 98.5 cm³/mol. The van der Waals surface area contributed by atoms with E-state index in [-0.39, 0.29) is 18.2 Å². The Morgan fingerprint density at radius 2 is 1.96 bits per heavy atom. The third kappa shape index (κ3) is 3.60. The molecular formula is C18H19N3O4S. The summed E-state index contributed by atoms with van der Waals surface area (Å²) in [4.78, 5) is 42.6. The van der Waals surface area contributed by atoms with Crippen molar-refractivity contribution >= 4 is 39.9 Å². The van der Waals surface area contributed by atoms with E-state index in [0.717, 1.165) is 22.6 Å². The molecule has 0 bridgehead atoms. The zero-order valence-corrected chi connectivity index (χ0v) is 15.6. The molecule has 3 rings (SSSR count). The largest absolute Gasteiger partial charge is 0.465 e. The Hall–Kier alpha value is -2.74. The van der Waals surface area contributed by atoms with Gasteiger partial charge in [0.15, 0.2) is 5.13 Å². The maximum atomic E-state index is 12.5. The average molecular weight is 373 g/mol. The Bertz CT molecular complexity index is 860. The quantitative estimate of drug-likeness (QED) is 0.832. The van der Waals surface area contributed by atoms with Crippen molar-refractivity contribution in [3.63, 3.8) is 0 Å². The van der Waals surface area contributed by atoms with Crippen molar-refractivity contribution in [2.45, 2.75) is 20.3 Å². The average Bonchev–Trinajstić information content (AvgIpc) is 3.18. The zero-order chi connectivity index (χ0) is 18.8.